The van der Waals surface area contributed by atoms with E-state index in [2.05, 4.69) is 175 Å². The van der Waals surface area contributed by atoms with Gasteiger partial charge in [0.15, 0.2) is 0 Å². The Hall–Kier alpha value is -6.90. The van der Waals surface area contributed by atoms with E-state index in [4.69, 9.17) is 4.98 Å². The predicted octanol–water partition coefficient (Wildman–Crippen LogP) is 13.4. The van der Waals surface area contributed by atoms with E-state index >= 15 is 0 Å². The molecule has 0 amide bonds. The lowest BCUT2D eigenvalue weighted by Crippen LogP contribution is -1.92. The van der Waals surface area contributed by atoms with Crippen LogP contribution in [0.5, 0.6) is 0 Å². The number of hydrogen-bond acceptors (Lipinski definition) is 2. The normalized spacial score (nSPS) is 11.5. The Balaban J connectivity index is 1.04. The monoisotopic (exact) mass is 660 g/mol. The van der Waals surface area contributed by atoms with Gasteiger partial charge in [-0.2, -0.15) is 0 Å². The first-order chi connectivity index (χ1) is 25.8. The van der Waals surface area contributed by atoms with Crippen molar-refractivity contribution in [3.8, 4) is 55.9 Å². The second kappa shape index (κ2) is 12.5. The summed E-state index contributed by atoms with van der Waals surface area (Å²) in [5.41, 5.74) is 11.2. The maximum Gasteiger partial charge on any atom is 0.0787 e. The van der Waals surface area contributed by atoms with Crippen LogP contribution in [0.25, 0.3) is 99.0 Å². The van der Waals surface area contributed by atoms with Crippen LogP contribution in [0.15, 0.2) is 194 Å². The SMILES string of the molecule is c1cc(-c2cccc(-c3cc4ccccc4c(-c4ccc(-c5ccncc5)cc4)n3)c2)cc(-c2ccc3c4ccccc4c4ccccc4c3c2)c1. The summed E-state index contributed by atoms with van der Waals surface area (Å²) in [7, 11) is 0. The van der Waals surface area contributed by atoms with E-state index in [-0.39, 0.29) is 0 Å². The second-order valence-electron chi connectivity index (χ2n) is 13.4. The molecule has 0 unspecified atom stereocenters. The summed E-state index contributed by atoms with van der Waals surface area (Å²) < 4.78 is 0. The molecule has 0 atom stereocenters. The van der Waals surface area contributed by atoms with E-state index < -0.39 is 0 Å². The van der Waals surface area contributed by atoms with E-state index in [0.717, 1.165) is 44.6 Å². The van der Waals surface area contributed by atoms with Gasteiger partial charge in [0.25, 0.3) is 0 Å². The number of nitrogens with zero attached hydrogens (tertiary/aromatic N) is 2. The number of hydrogen-bond donors (Lipinski definition) is 0. The summed E-state index contributed by atoms with van der Waals surface area (Å²) in [6, 6.07) is 65.6. The van der Waals surface area contributed by atoms with Crippen molar-refractivity contribution in [1.82, 2.24) is 9.97 Å². The van der Waals surface area contributed by atoms with Crippen molar-refractivity contribution in [3.63, 3.8) is 0 Å². The van der Waals surface area contributed by atoms with Gasteiger partial charge in [-0.25, -0.2) is 4.98 Å². The molecule has 10 aromatic rings. The van der Waals surface area contributed by atoms with Gasteiger partial charge < -0.3 is 0 Å². The van der Waals surface area contributed by atoms with Crippen LogP contribution in [0, 0.1) is 0 Å². The molecule has 2 heterocycles. The molecule has 0 saturated heterocycles. The summed E-state index contributed by atoms with van der Waals surface area (Å²) in [6.45, 7) is 0. The smallest absolute Gasteiger partial charge is 0.0787 e. The number of fused-ring (bicyclic) bond motifs is 7. The van der Waals surface area contributed by atoms with E-state index in [0.29, 0.717) is 0 Å². The highest BCUT2D eigenvalue weighted by molar-refractivity contribution is 6.25. The molecule has 10 rings (SSSR count). The molecule has 0 bridgehead atoms. The second-order valence-corrected chi connectivity index (χ2v) is 13.4. The third-order valence-corrected chi connectivity index (χ3v) is 10.3. The predicted molar refractivity (Wildman–Crippen MR) is 219 cm³/mol. The zero-order chi connectivity index (χ0) is 34.4. The largest absolute Gasteiger partial charge is 0.265 e. The van der Waals surface area contributed by atoms with Crippen LogP contribution in [-0.2, 0) is 0 Å². The van der Waals surface area contributed by atoms with Crippen molar-refractivity contribution < 1.29 is 0 Å². The molecule has 0 radical (unpaired) electrons. The average Bonchev–Trinajstić information content (AvgIpc) is 3.23. The molecule has 0 saturated carbocycles. The number of aromatic nitrogens is 2. The van der Waals surface area contributed by atoms with Crippen molar-refractivity contribution in [2.24, 2.45) is 0 Å². The Kier molecular flexibility index (Phi) is 7.18. The minimum absolute atomic E-state index is 0.957. The minimum atomic E-state index is 0.957. The highest BCUT2D eigenvalue weighted by atomic mass is 14.7. The number of benzene rings is 8. The molecule has 2 nitrogen and oxygen atoms in total. The molecular formula is C50H32N2. The molecule has 0 aliphatic rings. The van der Waals surface area contributed by atoms with Crippen LogP contribution in [0.3, 0.4) is 0 Å². The number of rotatable bonds is 5. The summed E-state index contributed by atoms with van der Waals surface area (Å²) in [5.74, 6) is 0. The van der Waals surface area contributed by atoms with Gasteiger partial charge in [-0.05, 0) is 107 Å². The highest BCUT2D eigenvalue weighted by Gasteiger charge is 2.13. The van der Waals surface area contributed by atoms with Crippen molar-refractivity contribution in [2.75, 3.05) is 0 Å². The Bertz CT molecular complexity index is 2910. The molecule has 242 valence electrons. The van der Waals surface area contributed by atoms with E-state index in [1.165, 1.54) is 54.4 Å². The van der Waals surface area contributed by atoms with Crippen molar-refractivity contribution >= 4 is 43.1 Å². The maximum atomic E-state index is 5.31. The Morgan fingerprint density at radius 2 is 0.731 bits per heavy atom. The van der Waals surface area contributed by atoms with Crippen LogP contribution < -0.4 is 0 Å². The zero-order valence-corrected chi connectivity index (χ0v) is 28.4. The van der Waals surface area contributed by atoms with Crippen LogP contribution in [0.2, 0.25) is 0 Å². The van der Waals surface area contributed by atoms with Crippen molar-refractivity contribution in [2.45, 2.75) is 0 Å². The van der Waals surface area contributed by atoms with E-state index in [1.807, 2.05) is 24.5 Å². The standard InChI is InChI=1S/C50H32N2/c1-2-14-42-40(9-1)32-49(52-50(42)35-21-19-33(20-22-35)34-25-27-51-28-26-34)41-13-8-12-38(30-41)36-10-7-11-37(29-36)39-23-24-47-45-17-4-3-15-43(45)44-16-5-6-18-46(44)48(47)31-39/h1-32H. The zero-order valence-electron chi connectivity index (χ0n) is 28.4. The van der Waals surface area contributed by atoms with Crippen molar-refractivity contribution in [3.05, 3.63) is 194 Å². The fourth-order valence-corrected chi connectivity index (χ4v) is 7.76. The third-order valence-electron chi connectivity index (χ3n) is 10.3. The summed E-state index contributed by atoms with van der Waals surface area (Å²) >= 11 is 0. The first-order valence-corrected chi connectivity index (χ1v) is 17.7. The number of pyridine rings is 2. The van der Waals surface area contributed by atoms with Gasteiger partial charge in [-0.1, -0.05) is 146 Å². The van der Waals surface area contributed by atoms with Gasteiger partial charge in [-0.3, -0.25) is 4.98 Å². The molecule has 0 N–H and O–H groups in total. The van der Waals surface area contributed by atoms with Crippen LogP contribution in [-0.4, -0.2) is 9.97 Å². The topological polar surface area (TPSA) is 25.8 Å². The third kappa shape index (κ3) is 5.21. The van der Waals surface area contributed by atoms with Gasteiger partial charge in [0, 0.05) is 28.9 Å². The molecular weight excluding hydrogens is 629 g/mol. The van der Waals surface area contributed by atoms with Gasteiger partial charge >= 0.3 is 0 Å². The lowest BCUT2D eigenvalue weighted by Gasteiger charge is -2.13. The molecule has 0 aliphatic carbocycles. The highest BCUT2D eigenvalue weighted by Crippen LogP contribution is 2.38. The quantitative estimate of drug-likeness (QED) is 0.172. The lowest BCUT2D eigenvalue weighted by molar-refractivity contribution is 1.33. The lowest BCUT2D eigenvalue weighted by atomic mass is 9.91. The molecule has 52 heavy (non-hydrogen) atoms. The van der Waals surface area contributed by atoms with Crippen LogP contribution >= 0.6 is 0 Å². The minimum Gasteiger partial charge on any atom is -0.265 e. The summed E-state index contributed by atoms with van der Waals surface area (Å²) in [5, 5.41) is 10.0. The Morgan fingerprint density at radius 1 is 0.269 bits per heavy atom. The molecule has 0 fully saturated rings. The molecule has 2 aromatic heterocycles. The van der Waals surface area contributed by atoms with E-state index in [9.17, 15) is 0 Å². The molecule has 8 aromatic carbocycles. The Labute approximate surface area is 302 Å². The van der Waals surface area contributed by atoms with Crippen molar-refractivity contribution in [1.29, 1.82) is 0 Å². The maximum absolute atomic E-state index is 5.31. The first kappa shape index (κ1) is 30.0. The molecule has 2 heteroatoms. The first-order valence-electron chi connectivity index (χ1n) is 17.7. The van der Waals surface area contributed by atoms with Gasteiger partial charge in [0.1, 0.15) is 0 Å². The average molecular weight is 661 g/mol. The van der Waals surface area contributed by atoms with E-state index in [1.54, 1.807) is 0 Å². The van der Waals surface area contributed by atoms with Gasteiger partial charge in [-0.15, -0.1) is 0 Å². The fourth-order valence-electron chi connectivity index (χ4n) is 7.76. The summed E-state index contributed by atoms with van der Waals surface area (Å²) in [6.07, 6.45) is 3.66. The Morgan fingerprint density at radius 3 is 1.38 bits per heavy atom. The fraction of sp³-hybridized carbons (Fsp3) is 0. The molecule has 0 aliphatic heterocycles. The molecule has 0 spiro atoms. The van der Waals surface area contributed by atoms with Crippen LogP contribution in [0.1, 0.15) is 0 Å². The van der Waals surface area contributed by atoms with Gasteiger partial charge in [0.2, 0.25) is 0 Å². The van der Waals surface area contributed by atoms with Gasteiger partial charge in [0.05, 0.1) is 11.4 Å². The summed E-state index contributed by atoms with van der Waals surface area (Å²) in [4.78, 5) is 9.48. The van der Waals surface area contributed by atoms with Crippen LogP contribution in [0.4, 0.5) is 0 Å².